The lowest BCUT2D eigenvalue weighted by atomic mass is 10.1. The minimum atomic E-state index is 0.351. The lowest BCUT2D eigenvalue weighted by Gasteiger charge is -2.33. The van der Waals surface area contributed by atoms with Crippen molar-refractivity contribution in [3.63, 3.8) is 0 Å². The van der Waals surface area contributed by atoms with E-state index in [9.17, 15) is 4.79 Å². The first-order chi connectivity index (χ1) is 8.22. The predicted octanol–water partition coefficient (Wildman–Crippen LogP) is 0.420. The first-order valence-electron chi connectivity index (χ1n) is 7.00. The number of fused-ring (bicyclic) bond motifs is 2. The Balaban J connectivity index is 1.50. The number of carbonyl (C=O) groups excluding carboxylic acids is 1. The van der Waals surface area contributed by atoms with Gasteiger partial charge in [0.2, 0.25) is 5.91 Å². The molecule has 0 radical (unpaired) electrons. The van der Waals surface area contributed by atoms with Gasteiger partial charge in [-0.1, -0.05) is 0 Å². The number of rotatable bonds is 2. The molecule has 3 aliphatic rings. The average molecular weight is 237 g/mol. The van der Waals surface area contributed by atoms with Crippen molar-refractivity contribution in [1.82, 2.24) is 9.80 Å². The second kappa shape index (κ2) is 4.58. The molecule has 2 saturated heterocycles. The van der Waals surface area contributed by atoms with E-state index in [1.54, 1.807) is 0 Å². The van der Waals surface area contributed by atoms with E-state index >= 15 is 0 Å². The third kappa shape index (κ3) is 2.33. The summed E-state index contributed by atoms with van der Waals surface area (Å²) in [6.07, 6.45) is 5.92. The van der Waals surface area contributed by atoms with Crippen LogP contribution in [0, 0.1) is 5.92 Å². The molecule has 2 N–H and O–H groups in total. The van der Waals surface area contributed by atoms with E-state index in [0.29, 0.717) is 24.5 Å². The first kappa shape index (κ1) is 11.5. The van der Waals surface area contributed by atoms with Crippen LogP contribution < -0.4 is 5.73 Å². The molecule has 1 aliphatic carbocycles. The highest BCUT2D eigenvalue weighted by Crippen LogP contribution is 2.37. The maximum atomic E-state index is 12.2. The summed E-state index contributed by atoms with van der Waals surface area (Å²) in [6, 6.07) is 0.920. The number of piperidine rings is 2. The van der Waals surface area contributed by atoms with Crippen LogP contribution in [-0.4, -0.2) is 54.0 Å². The fourth-order valence-corrected chi connectivity index (χ4v) is 3.62. The summed E-state index contributed by atoms with van der Waals surface area (Å²) in [5.74, 6) is 1.16. The number of nitrogens with zero attached hydrogens (tertiary/aromatic N) is 2. The van der Waals surface area contributed by atoms with Gasteiger partial charge in [0.05, 0.1) is 6.54 Å². The summed E-state index contributed by atoms with van der Waals surface area (Å²) in [4.78, 5) is 16.7. The van der Waals surface area contributed by atoms with Crippen LogP contribution in [0.1, 0.15) is 32.1 Å². The van der Waals surface area contributed by atoms with Gasteiger partial charge < -0.3 is 10.6 Å². The molecule has 2 bridgehead atoms. The van der Waals surface area contributed by atoms with E-state index in [-0.39, 0.29) is 0 Å². The third-order valence-corrected chi connectivity index (χ3v) is 4.72. The highest BCUT2D eigenvalue weighted by molar-refractivity contribution is 5.79. The Morgan fingerprint density at radius 3 is 2.53 bits per heavy atom. The van der Waals surface area contributed by atoms with E-state index < -0.39 is 0 Å². The van der Waals surface area contributed by atoms with Gasteiger partial charge >= 0.3 is 0 Å². The molecule has 4 heteroatoms. The molecule has 0 aromatic carbocycles. The Bertz CT molecular complexity index is 299. The predicted molar refractivity (Wildman–Crippen MR) is 66.5 cm³/mol. The molecule has 0 aromatic rings. The van der Waals surface area contributed by atoms with E-state index in [4.69, 9.17) is 5.73 Å². The summed E-state index contributed by atoms with van der Waals surface area (Å²) in [5.41, 5.74) is 5.88. The average Bonchev–Trinajstić information content (AvgIpc) is 2.94. The standard InChI is InChI=1S/C13H23N3O/c14-11-3-5-15(6-4-11)9-13(17)16-8-10-1-2-12(16)7-10/h10-12H,1-9,14H2. The molecule has 96 valence electrons. The Labute approximate surface area is 103 Å². The van der Waals surface area contributed by atoms with E-state index in [1.807, 2.05) is 0 Å². The first-order valence-corrected chi connectivity index (χ1v) is 7.00. The molecule has 17 heavy (non-hydrogen) atoms. The van der Waals surface area contributed by atoms with Crippen molar-refractivity contribution >= 4 is 5.91 Å². The van der Waals surface area contributed by atoms with Crippen molar-refractivity contribution in [3.05, 3.63) is 0 Å². The summed E-state index contributed by atoms with van der Waals surface area (Å²) in [7, 11) is 0. The molecule has 3 fully saturated rings. The SMILES string of the molecule is NC1CCN(CC(=O)N2CC3CCC2C3)CC1. The molecule has 2 unspecified atom stereocenters. The van der Waals surface area contributed by atoms with Crippen molar-refractivity contribution in [2.75, 3.05) is 26.2 Å². The Hall–Kier alpha value is -0.610. The highest BCUT2D eigenvalue weighted by Gasteiger charge is 2.40. The largest absolute Gasteiger partial charge is 0.338 e. The van der Waals surface area contributed by atoms with Gasteiger partial charge in [-0.15, -0.1) is 0 Å². The van der Waals surface area contributed by atoms with Crippen LogP contribution in [0.2, 0.25) is 0 Å². The number of nitrogens with two attached hydrogens (primary N) is 1. The second-order valence-corrected chi connectivity index (χ2v) is 5.99. The van der Waals surface area contributed by atoms with Gasteiger partial charge in [0.1, 0.15) is 0 Å². The van der Waals surface area contributed by atoms with Gasteiger partial charge in [-0.25, -0.2) is 0 Å². The molecular formula is C13H23N3O. The fourth-order valence-electron chi connectivity index (χ4n) is 3.62. The van der Waals surface area contributed by atoms with Crippen LogP contribution in [-0.2, 0) is 4.79 Å². The van der Waals surface area contributed by atoms with Crippen LogP contribution in [0.15, 0.2) is 0 Å². The summed E-state index contributed by atoms with van der Waals surface area (Å²) in [5, 5.41) is 0. The fraction of sp³-hybridized carbons (Fsp3) is 0.923. The Morgan fingerprint density at radius 2 is 1.94 bits per heavy atom. The van der Waals surface area contributed by atoms with Crippen molar-refractivity contribution in [3.8, 4) is 0 Å². The zero-order valence-electron chi connectivity index (χ0n) is 10.5. The number of carbonyl (C=O) groups is 1. The molecule has 4 nitrogen and oxygen atoms in total. The minimum Gasteiger partial charge on any atom is -0.338 e. The summed E-state index contributed by atoms with van der Waals surface area (Å²) in [6.45, 7) is 3.64. The normalized spacial score (nSPS) is 34.5. The van der Waals surface area contributed by atoms with Crippen LogP contribution >= 0.6 is 0 Å². The van der Waals surface area contributed by atoms with Crippen molar-refractivity contribution in [1.29, 1.82) is 0 Å². The Kier molecular flexibility index (Phi) is 3.09. The van der Waals surface area contributed by atoms with Crippen LogP contribution in [0.3, 0.4) is 0 Å². The van der Waals surface area contributed by atoms with Gasteiger partial charge in [-0.3, -0.25) is 9.69 Å². The van der Waals surface area contributed by atoms with Gasteiger partial charge in [-0.05, 0) is 38.0 Å². The molecule has 2 heterocycles. The number of hydrogen-bond acceptors (Lipinski definition) is 3. The number of amides is 1. The van der Waals surface area contributed by atoms with E-state index in [2.05, 4.69) is 9.80 Å². The molecule has 2 aliphatic heterocycles. The molecule has 1 amide bonds. The zero-order chi connectivity index (χ0) is 11.8. The topological polar surface area (TPSA) is 49.6 Å². The zero-order valence-corrected chi connectivity index (χ0v) is 10.5. The summed E-state index contributed by atoms with van der Waals surface area (Å²) < 4.78 is 0. The van der Waals surface area contributed by atoms with Gasteiger partial charge in [-0.2, -0.15) is 0 Å². The minimum absolute atomic E-state index is 0.351. The van der Waals surface area contributed by atoms with Crippen LogP contribution in [0.25, 0.3) is 0 Å². The monoisotopic (exact) mass is 237 g/mol. The molecule has 1 saturated carbocycles. The molecular weight excluding hydrogens is 214 g/mol. The quantitative estimate of drug-likeness (QED) is 0.757. The maximum absolute atomic E-state index is 12.2. The van der Waals surface area contributed by atoms with Crippen LogP contribution in [0.5, 0.6) is 0 Å². The second-order valence-electron chi connectivity index (χ2n) is 5.99. The number of hydrogen-bond donors (Lipinski definition) is 1. The van der Waals surface area contributed by atoms with Crippen molar-refractivity contribution in [2.45, 2.75) is 44.2 Å². The van der Waals surface area contributed by atoms with Gasteiger partial charge in [0.15, 0.2) is 0 Å². The number of likely N-dealkylation sites (tertiary alicyclic amines) is 2. The van der Waals surface area contributed by atoms with E-state index in [1.165, 1.54) is 19.3 Å². The molecule has 3 rings (SSSR count). The lowest BCUT2D eigenvalue weighted by Crippen LogP contribution is -2.47. The smallest absolute Gasteiger partial charge is 0.237 e. The highest BCUT2D eigenvalue weighted by atomic mass is 16.2. The summed E-state index contributed by atoms with van der Waals surface area (Å²) >= 11 is 0. The molecule has 0 aromatic heterocycles. The van der Waals surface area contributed by atoms with Crippen molar-refractivity contribution in [2.24, 2.45) is 11.7 Å². The third-order valence-electron chi connectivity index (χ3n) is 4.72. The van der Waals surface area contributed by atoms with E-state index in [0.717, 1.165) is 38.4 Å². The van der Waals surface area contributed by atoms with Gasteiger partial charge in [0.25, 0.3) is 0 Å². The van der Waals surface area contributed by atoms with Gasteiger partial charge in [0, 0.05) is 31.7 Å². The van der Waals surface area contributed by atoms with Crippen LogP contribution in [0.4, 0.5) is 0 Å². The molecule has 0 spiro atoms. The van der Waals surface area contributed by atoms with Crippen molar-refractivity contribution < 1.29 is 4.79 Å². The lowest BCUT2D eigenvalue weighted by molar-refractivity contribution is -0.134. The maximum Gasteiger partial charge on any atom is 0.237 e. The Morgan fingerprint density at radius 1 is 1.18 bits per heavy atom. The molecule has 2 atom stereocenters.